The van der Waals surface area contributed by atoms with E-state index in [4.69, 9.17) is 0 Å². The maximum atomic E-state index is 2.36. The molecule has 0 unspecified atom stereocenters. The molecule has 0 saturated heterocycles. The first-order valence-corrected chi connectivity index (χ1v) is 5.47. The first-order valence-electron chi connectivity index (χ1n) is 2.86. The summed E-state index contributed by atoms with van der Waals surface area (Å²) in [7, 11) is 6.31. The molecule has 2 nitrogen and oxygen atoms in total. The van der Waals surface area contributed by atoms with Crippen LogP contribution in [0.15, 0.2) is 11.9 Å². The third kappa shape index (κ3) is 1.72. The Labute approximate surface area is 66.5 Å². The molecular weight excluding hydrogens is 222 g/mol. The Morgan fingerprint density at radius 2 is 2.22 bits per heavy atom. The molecule has 0 atom stereocenters. The molecule has 50 valence electrons. The first kappa shape index (κ1) is 7.14. The summed E-state index contributed by atoms with van der Waals surface area (Å²) in [5, 5.41) is 0. The van der Waals surface area contributed by atoms with Crippen molar-refractivity contribution in [3.63, 3.8) is 0 Å². The molecular formula is C6H11N2Sb. The third-order valence-electron chi connectivity index (χ3n) is 1.21. The van der Waals surface area contributed by atoms with Gasteiger partial charge in [-0.25, -0.2) is 0 Å². The van der Waals surface area contributed by atoms with Crippen LogP contribution in [0.1, 0.15) is 0 Å². The Morgan fingerprint density at radius 1 is 1.56 bits per heavy atom. The average molecular weight is 233 g/mol. The van der Waals surface area contributed by atoms with E-state index in [1.807, 2.05) is 0 Å². The summed E-state index contributed by atoms with van der Waals surface area (Å²) in [5.74, 6) is 0. The van der Waals surface area contributed by atoms with Crippen molar-refractivity contribution >= 4 is 25.4 Å². The van der Waals surface area contributed by atoms with Gasteiger partial charge in [-0.15, -0.1) is 0 Å². The van der Waals surface area contributed by atoms with E-state index in [9.17, 15) is 0 Å². The molecule has 0 saturated carbocycles. The van der Waals surface area contributed by atoms with Crippen LogP contribution in [0.5, 0.6) is 0 Å². The van der Waals surface area contributed by atoms with Crippen molar-refractivity contribution in [3.8, 4) is 0 Å². The second kappa shape index (κ2) is 2.74. The van der Waals surface area contributed by atoms with Crippen molar-refractivity contribution in [1.29, 1.82) is 0 Å². The Hall–Kier alpha value is 0.0282. The summed E-state index contributed by atoms with van der Waals surface area (Å²) in [5.41, 5.74) is 1.37. The van der Waals surface area contributed by atoms with Crippen LogP contribution in [0.25, 0.3) is 0 Å². The zero-order valence-corrected chi connectivity index (χ0v) is 8.55. The van der Waals surface area contributed by atoms with Crippen LogP contribution >= 0.6 is 0 Å². The zero-order chi connectivity index (χ0) is 6.85. The van der Waals surface area contributed by atoms with Gasteiger partial charge in [0.25, 0.3) is 0 Å². The summed E-state index contributed by atoms with van der Waals surface area (Å²) in [6, 6.07) is 0. The van der Waals surface area contributed by atoms with Crippen LogP contribution in [-0.2, 0) is 0 Å². The van der Waals surface area contributed by atoms with Gasteiger partial charge in [-0.1, -0.05) is 0 Å². The van der Waals surface area contributed by atoms with Crippen LogP contribution in [0, 0.1) is 0 Å². The molecule has 0 aromatic carbocycles. The molecule has 3 heteroatoms. The average Bonchev–Trinajstić information content (AvgIpc) is 2.14. The fourth-order valence-electron chi connectivity index (χ4n) is 0.639. The van der Waals surface area contributed by atoms with Gasteiger partial charge < -0.3 is 0 Å². The molecule has 0 aromatic rings. The molecule has 1 aliphatic heterocycles. The van der Waals surface area contributed by atoms with Gasteiger partial charge in [0.05, 0.1) is 0 Å². The standard InChI is InChI=1S/C6H11N2.Sb/c1-6(5-7-2)8(3)4;/h1,5H,2-4H3;/q-1;+1. The molecule has 0 aromatic heterocycles. The number of nitrogens with zero attached hydrogens (tertiary/aromatic N) is 2. The fraction of sp³-hybridized carbons (Fsp3) is 0.500. The summed E-state index contributed by atoms with van der Waals surface area (Å²) in [4.78, 5) is 2.15. The van der Waals surface area contributed by atoms with Crippen LogP contribution in [0.3, 0.4) is 0 Å². The fourth-order valence-corrected chi connectivity index (χ4v) is 2.87. The Kier molecular flexibility index (Phi) is 2.17. The summed E-state index contributed by atoms with van der Waals surface area (Å²) in [6.45, 7) is 0. The van der Waals surface area contributed by atoms with Gasteiger partial charge in [0, 0.05) is 0 Å². The zero-order valence-electron chi connectivity index (χ0n) is 6.00. The van der Waals surface area contributed by atoms with Gasteiger partial charge in [0.1, 0.15) is 0 Å². The van der Waals surface area contributed by atoms with E-state index >= 15 is 0 Å². The Morgan fingerprint density at radius 3 is 2.44 bits per heavy atom. The van der Waals surface area contributed by atoms with Crippen molar-refractivity contribution < 1.29 is 0 Å². The maximum absolute atomic E-state index is 2.36. The van der Waals surface area contributed by atoms with Gasteiger partial charge in [0.2, 0.25) is 0 Å². The van der Waals surface area contributed by atoms with E-state index in [0.29, 0.717) is 0 Å². The minimum atomic E-state index is -0.136. The molecule has 0 amide bonds. The summed E-state index contributed by atoms with van der Waals surface area (Å²) >= 11 is -0.136. The van der Waals surface area contributed by atoms with Crippen LogP contribution in [0.4, 0.5) is 0 Å². The van der Waals surface area contributed by atoms with Crippen LogP contribution in [-0.4, -0.2) is 54.5 Å². The SMILES string of the molecule is C[N]1C=C(N(C)C)[CH]=[Sb]1. The van der Waals surface area contributed by atoms with Crippen molar-refractivity contribution in [2.75, 3.05) is 21.1 Å². The second-order valence-corrected chi connectivity index (χ2v) is 5.46. The van der Waals surface area contributed by atoms with E-state index in [1.165, 1.54) is 5.70 Å². The normalized spacial score (nSPS) is 16.3. The first-order chi connectivity index (χ1) is 4.20. The molecule has 0 aliphatic carbocycles. The van der Waals surface area contributed by atoms with Crippen LogP contribution in [0.2, 0.25) is 0 Å². The Balaban J connectivity index is 2.64. The number of allylic oxidation sites excluding steroid dienone is 1. The van der Waals surface area contributed by atoms with Crippen LogP contribution < -0.4 is 0 Å². The van der Waals surface area contributed by atoms with Gasteiger partial charge in [-0.2, -0.15) is 0 Å². The molecule has 0 spiro atoms. The van der Waals surface area contributed by atoms with Gasteiger partial charge >= 0.3 is 66.4 Å². The minimum absolute atomic E-state index is 0.136. The quantitative estimate of drug-likeness (QED) is 0.576. The molecule has 0 N–H and O–H groups in total. The molecule has 1 rings (SSSR count). The number of rotatable bonds is 1. The van der Waals surface area contributed by atoms with Gasteiger partial charge in [0.15, 0.2) is 0 Å². The molecule has 9 heavy (non-hydrogen) atoms. The van der Waals surface area contributed by atoms with E-state index in [0.717, 1.165) is 0 Å². The summed E-state index contributed by atoms with van der Waals surface area (Å²) < 4.78 is 4.67. The molecule has 0 fully saturated rings. The topological polar surface area (TPSA) is 6.48 Å². The van der Waals surface area contributed by atoms with Gasteiger partial charge in [-0.05, 0) is 0 Å². The van der Waals surface area contributed by atoms with Crippen molar-refractivity contribution in [2.45, 2.75) is 0 Å². The van der Waals surface area contributed by atoms with Crippen molar-refractivity contribution in [1.82, 2.24) is 7.96 Å². The van der Waals surface area contributed by atoms with E-state index in [-0.39, 0.29) is 21.4 Å². The van der Waals surface area contributed by atoms with Gasteiger partial charge in [-0.3, -0.25) is 0 Å². The predicted octanol–water partition coefficient (Wildman–Crippen LogP) is -0.244. The molecule has 1 heterocycles. The van der Waals surface area contributed by atoms with Crippen molar-refractivity contribution in [2.24, 2.45) is 0 Å². The van der Waals surface area contributed by atoms with E-state index in [2.05, 4.69) is 39.3 Å². The van der Waals surface area contributed by atoms with Crippen molar-refractivity contribution in [3.05, 3.63) is 11.9 Å². The predicted molar refractivity (Wildman–Crippen MR) is 41.4 cm³/mol. The van der Waals surface area contributed by atoms with E-state index < -0.39 is 0 Å². The molecule has 0 radical (unpaired) electrons. The molecule has 0 bridgehead atoms. The third-order valence-corrected chi connectivity index (χ3v) is 3.66. The number of hydrogen-bond donors (Lipinski definition) is 0. The monoisotopic (exact) mass is 232 g/mol. The second-order valence-electron chi connectivity index (χ2n) is 2.27. The molecule has 1 aliphatic rings. The van der Waals surface area contributed by atoms with E-state index in [1.54, 1.807) is 0 Å². The Bertz CT molecular complexity index is 160. The summed E-state index contributed by atoms with van der Waals surface area (Å²) in [6.07, 6.45) is 2.21. The number of hydrogen-bond acceptors (Lipinski definition) is 2.